The Kier molecular flexibility index (Phi) is 9.52. The quantitative estimate of drug-likeness (QED) is 0.337. The maximum absolute atomic E-state index is 10.4. The van der Waals surface area contributed by atoms with Crippen molar-refractivity contribution in [3.8, 4) is 11.5 Å². The molecule has 1 aromatic rings. The fourth-order valence-electron chi connectivity index (χ4n) is 5.15. The molecule has 1 aromatic carbocycles. The van der Waals surface area contributed by atoms with Crippen molar-refractivity contribution in [1.29, 1.82) is 0 Å². The molecular formula is C29H48O2. The van der Waals surface area contributed by atoms with Crippen LogP contribution in [0.1, 0.15) is 114 Å². The third-order valence-electron chi connectivity index (χ3n) is 7.69. The van der Waals surface area contributed by atoms with Crippen molar-refractivity contribution in [2.45, 2.75) is 125 Å². The second kappa shape index (κ2) is 11.4. The van der Waals surface area contributed by atoms with Crippen LogP contribution in [0.5, 0.6) is 11.5 Å². The summed E-state index contributed by atoms with van der Waals surface area (Å²) in [7, 11) is 0. The summed E-state index contributed by atoms with van der Waals surface area (Å²) in [5.74, 6) is 3.12. The van der Waals surface area contributed by atoms with Gasteiger partial charge in [-0.3, -0.25) is 0 Å². The van der Waals surface area contributed by atoms with Crippen LogP contribution in [0.2, 0.25) is 0 Å². The number of ether oxygens (including phenoxy) is 1. The third kappa shape index (κ3) is 7.29. The highest BCUT2D eigenvalue weighted by Crippen LogP contribution is 2.44. The van der Waals surface area contributed by atoms with Crippen LogP contribution in [-0.2, 0) is 6.42 Å². The third-order valence-corrected chi connectivity index (χ3v) is 7.69. The van der Waals surface area contributed by atoms with Gasteiger partial charge < -0.3 is 9.84 Å². The molecule has 0 aliphatic carbocycles. The van der Waals surface area contributed by atoms with E-state index in [-0.39, 0.29) is 5.60 Å². The standard InChI is InChI=1S/C29H48O2/c1-20(2)12-9-13-21(3)14-10-15-22(4)16-11-18-29(8)19-17-26-25(7)27(30)23(5)24(6)28(26)31-29/h21-22,30H,1,9-19H2,2-8H3. The zero-order valence-electron chi connectivity index (χ0n) is 21.5. The summed E-state index contributed by atoms with van der Waals surface area (Å²) in [6.07, 6.45) is 13.6. The Labute approximate surface area is 192 Å². The van der Waals surface area contributed by atoms with E-state index in [1.807, 2.05) is 13.8 Å². The van der Waals surface area contributed by atoms with E-state index in [1.165, 1.54) is 62.5 Å². The normalized spacial score (nSPS) is 20.1. The van der Waals surface area contributed by atoms with E-state index in [0.29, 0.717) is 5.75 Å². The van der Waals surface area contributed by atoms with Crippen molar-refractivity contribution in [2.75, 3.05) is 0 Å². The molecule has 2 rings (SSSR count). The number of hydrogen-bond donors (Lipinski definition) is 1. The first-order valence-electron chi connectivity index (χ1n) is 12.7. The first-order chi connectivity index (χ1) is 14.5. The number of phenols is 1. The van der Waals surface area contributed by atoms with E-state index in [1.54, 1.807) is 0 Å². The van der Waals surface area contributed by atoms with E-state index < -0.39 is 0 Å². The van der Waals surface area contributed by atoms with Gasteiger partial charge in [-0.1, -0.05) is 51.5 Å². The van der Waals surface area contributed by atoms with Gasteiger partial charge in [0.15, 0.2) is 0 Å². The zero-order valence-corrected chi connectivity index (χ0v) is 21.5. The van der Waals surface area contributed by atoms with Crippen molar-refractivity contribution < 1.29 is 9.84 Å². The molecular weight excluding hydrogens is 380 g/mol. The molecule has 2 heteroatoms. The van der Waals surface area contributed by atoms with Gasteiger partial charge in [-0.15, -0.1) is 6.58 Å². The largest absolute Gasteiger partial charge is 0.507 e. The van der Waals surface area contributed by atoms with E-state index >= 15 is 0 Å². The van der Waals surface area contributed by atoms with Crippen molar-refractivity contribution in [2.24, 2.45) is 11.8 Å². The molecule has 0 saturated heterocycles. The highest BCUT2D eigenvalue weighted by atomic mass is 16.5. The molecule has 176 valence electrons. The maximum atomic E-state index is 10.4. The number of benzene rings is 1. The lowest BCUT2D eigenvalue weighted by molar-refractivity contribution is 0.0512. The molecule has 1 heterocycles. The van der Waals surface area contributed by atoms with Crippen LogP contribution >= 0.6 is 0 Å². The second-order valence-electron chi connectivity index (χ2n) is 11.0. The van der Waals surface area contributed by atoms with Crippen LogP contribution in [0.25, 0.3) is 0 Å². The molecule has 0 bridgehead atoms. The average Bonchev–Trinajstić information content (AvgIpc) is 2.70. The number of aromatic hydroxyl groups is 1. The van der Waals surface area contributed by atoms with Gasteiger partial charge in [0, 0.05) is 5.56 Å². The lowest BCUT2D eigenvalue weighted by Gasteiger charge is -2.38. The van der Waals surface area contributed by atoms with Crippen molar-refractivity contribution >= 4 is 0 Å². The molecule has 0 fully saturated rings. The van der Waals surface area contributed by atoms with Crippen LogP contribution in [-0.4, -0.2) is 10.7 Å². The maximum Gasteiger partial charge on any atom is 0.127 e. The topological polar surface area (TPSA) is 29.5 Å². The van der Waals surface area contributed by atoms with Gasteiger partial charge in [-0.25, -0.2) is 0 Å². The van der Waals surface area contributed by atoms with E-state index in [9.17, 15) is 5.11 Å². The molecule has 0 amide bonds. The minimum Gasteiger partial charge on any atom is -0.507 e. The zero-order chi connectivity index (χ0) is 23.2. The van der Waals surface area contributed by atoms with Gasteiger partial charge in [-0.2, -0.15) is 0 Å². The van der Waals surface area contributed by atoms with Crippen LogP contribution in [0.3, 0.4) is 0 Å². The molecule has 31 heavy (non-hydrogen) atoms. The Balaban J connectivity index is 1.74. The Morgan fingerprint density at radius 3 is 2.16 bits per heavy atom. The summed E-state index contributed by atoms with van der Waals surface area (Å²) in [5.41, 5.74) is 5.52. The summed E-state index contributed by atoms with van der Waals surface area (Å²) < 4.78 is 6.60. The molecule has 0 radical (unpaired) electrons. The lowest BCUT2D eigenvalue weighted by atomic mass is 9.84. The first kappa shape index (κ1) is 25.8. The van der Waals surface area contributed by atoms with Crippen LogP contribution in [0.4, 0.5) is 0 Å². The van der Waals surface area contributed by atoms with Gasteiger partial charge in [0.2, 0.25) is 0 Å². The predicted octanol–water partition coefficient (Wildman–Crippen LogP) is 8.76. The van der Waals surface area contributed by atoms with Gasteiger partial charge in [0.1, 0.15) is 17.1 Å². The number of allylic oxidation sites excluding steroid dienone is 1. The Hall–Kier alpha value is -1.44. The molecule has 2 nitrogen and oxygen atoms in total. The number of fused-ring (bicyclic) bond motifs is 1. The summed E-state index contributed by atoms with van der Waals surface area (Å²) >= 11 is 0. The summed E-state index contributed by atoms with van der Waals surface area (Å²) in [4.78, 5) is 0. The molecule has 3 unspecified atom stereocenters. The summed E-state index contributed by atoms with van der Waals surface area (Å²) in [6.45, 7) is 19.4. The van der Waals surface area contributed by atoms with Crippen LogP contribution in [0, 0.1) is 32.6 Å². The monoisotopic (exact) mass is 428 g/mol. The smallest absolute Gasteiger partial charge is 0.127 e. The first-order valence-corrected chi connectivity index (χ1v) is 12.7. The van der Waals surface area contributed by atoms with E-state index in [0.717, 1.165) is 53.5 Å². The predicted molar refractivity (Wildman–Crippen MR) is 134 cm³/mol. The fourth-order valence-corrected chi connectivity index (χ4v) is 5.15. The highest BCUT2D eigenvalue weighted by molar-refractivity contribution is 5.58. The number of rotatable bonds is 12. The highest BCUT2D eigenvalue weighted by Gasteiger charge is 2.34. The molecule has 1 N–H and O–H groups in total. The van der Waals surface area contributed by atoms with Gasteiger partial charge in [-0.05, 0) is 102 Å². The van der Waals surface area contributed by atoms with Gasteiger partial charge >= 0.3 is 0 Å². The Morgan fingerprint density at radius 2 is 1.55 bits per heavy atom. The van der Waals surface area contributed by atoms with Crippen molar-refractivity contribution in [3.63, 3.8) is 0 Å². The summed E-state index contributed by atoms with van der Waals surface area (Å²) in [5, 5.41) is 10.4. The van der Waals surface area contributed by atoms with Gasteiger partial charge in [0.25, 0.3) is 0 Å². The molecule has 0 spiro atoms. The van der Waals surface area contributed by atoms with E-state index in [4.69, 9.17) is 4.74 Å². The minimum absolute atomic E-state index is 0.0782. The molecule has 1 aliphatic heterocycles. The molecule has 1 aliphatic rings. The number of phenolic OH excluding ortho intramolecular Hbond substituents is 1. The molecule has 0 saturated carbocycles. The second-order valence-corrected chi connectivity index (χ2v) is 11.0. The Morgan fingerprint density at radius 1 is 0.968 bits per heavy atom. The molecule has 3 atom stereocenters. The number of hydrogen-bond acceptors (Lipinski definition) is 2. The lowest BCUT2D eigenvalue weighted by Crippen LogP contribution is -2.37. The minimum atomic E-state index is -0.0782. The SMILES string of the molecule is C=C(C)CCCC(C)CCCC(C)CCCC1(C)CCc2c(C)c(O)c(C)c(C)c2O1. The van der Waals surface area contributed by atoms with Crippen LogP contribution < -0.4 is 4.74 Å². The van der Waals surface area contributed by atoms with Crippen molar-refractivity contribution in [1.82, 2.24) is 0 Å². The fraction of sp³-hybridized carbons (Fsp3) is 0.724. The Bertz CT molecular complexity index is 748. The summed E-state index contributed by atoms with van der Waals surface area (Å²) in [6, 6.07) is 0. The average molecular weight is 429 g/mol. The van der Waals surface area contributed by atoms with Crippen LogP contribution in [0.15, 0.2) is 12.2 Å². The van der Waals surface area contributed by atoms with E-state index in [2.05, 4.69) is 41.2 Å². The molecule has 0 aromatic heterocycles. The van der Waals surface area contributed by atoms with Gasteiger partial charge in [0.05, 0.1) is 0 Å². The van der Waals surface area contributed by atoms with Crippen molar-refractivity contribution in [3.05, 3.63) is 34.4 Å².